The van der Waals surface area contributed by atoms with E-state index in [1.165, 1.54) is 6.92 Å². The number of halogens is 2. The van der Waals surface area contributed by atoms with E-state index in [-0.39, 0.29) is 31.6 Å². The van der Waals surface area contributed by atoms with Crippen molar-refractivity contribution < 1.29 is 18.7 Å². The van der Waals surface area contributed by atoms with Crippen LogP contribution in [0.5, 0.6) is 0 Å². The van der Waals surface area contributed by atoms with Crippen LogP contribution in [0.1, 0.15) is 25.2 Å². The Balaban J connectivity index is 1.47. The average Bonchev–Trinajstić information content (AvgIpc) is 3.47. The third-order valence-corrected chi connectivity index (χ3v) is 6.53. The van der Waals surface area contributed by atoms with Gasteiger partial charge in [0.05, 0.1) is 48.2 Å². The SMILES string of the molecule is CC(=O)N1C[C@H](O)C[C@@H]1c1nc(-c2ccc(N3CC(F)(F)C3)cc2)c2cnc3[nH]ccc3n12. The molecule has 10 heteroatoms. The van der Waals surface area contributed by atoms with Gasteiger partial charge in [0.25, 0.3) is 5.92 Å². The number of imidazole rings is 1. The summed E-state index contributed by atoms with van der Waals surface area (Å²) in [7, 11) is 0. The molecule has 6 rings (SSSR count). The van der Waals surface area contributed by atoms with Gasteiger partial charge in [0.15, 0.2) is 5.65 Å². The van der Waals surface area contributed by atoms with Gasteiger partial charge in [-0.1, -0.05) is 12.1 Å². The van der Waals surface area contributed by atoms with Crippen molar-refractivity contribution in [1.29, 1.82) is 0 Å². The van der Waals surface area contributed by atoms with Gasteiger partial charge in [0.2, 0.25) is 5.91 Å². The highest BCUT2D eigenvalue weighted by Crippen LogP contribution is 2.38. The zero-order valence-corrected chi connectivity index (χ0v) is 17.9. The van der Waals surface area contributed by atoms with Crippen LogP contribution in [0.2, 0.25) is 0 Å². The van der Waals surface area contributed by atoms with E-state index in [0.29, 0.717) is 23.6 Å². The van der Waals surface area contributed by atoms with Gasteiger partial charge in [-0.05, 0) is 18.2 Å². The quantitative estimate of drug-likeness (QED) is 0.499. The first kappa shape index (κ1) is 20.1. The molecule has 2 aliphatic rings. The van der Waals surface area contributed by atoms with Crippen molar-refractivity contribution in [2.75, 3.05) is 24.5 Å². The Morgan fingerprint density at radius 2 is 1.94 bits per heavy atom. The minimum absolute atomic E-state index is 0.120. The molecular weight excluding hydrogens is 430 g/mol. The van der Waals surface area contributed by atoms with Crippen LogP contribution >= 0.6 is 0 Å². The molecule has 0 aliphatic carbocycles. The molecule has 0 bridgehead atoms. The minimum atomic E-state index is -2.63. The second kappa shape index (κ2) is 6.98. The Morgan fingerprint density at radius 1 is 1.18 bits per heavy atom. The number of fused-ring (bicyclic) bond motifs is 3. The Morgan fingerprint density at radius 3 is 2.64 bits per heavy atom. The van der Waals surface area contributed by atoms with Crippen molar-refractivity contribution >= 4 is 28.3 Å². The third-order valence-electron chi connectivity index (χ3n) is 6.53. The Kier molecular flexibility index (Phi) is 4.25. The maximum Gasteiger partial charge on any atom is 0.282 e. The number of likely N-dealkylation sites (tertiary alicyclic amines) is 1. The van der Waals surface area contributed by atoms with Crippen LogP contribution in [0.15, 0.2) is 42.7 Å². The van der Waals surface area contributed by atoms with E-state index in [0.717, 1.165) is 22.3 Å². The number of alkyl halides is 2. The monoisotopic (exact) mass is 452 g/mol. The summed E-state index contributed by atoms with van der Waals surface area (Å²) in [6.45, 7) is 1.21. The Labute approximate surface area is 187 Å². The number of aromatic amines is 1. The summed E-state index contributed by atoms with van der Waals surface area (Å²) in [5, 5.41) is 10.3. The highest BCUT2D eigenvalue weighted by molar-refractivity contribution is 5.85. The van der Waals surface area contributed by atoms with Gasteiger partial charge in [-0.3, -0.25) is 9.20 Å². The van der Waals surface area contributed by atoms with E-state index < -0.39 is 12.0 Å². The Bertz CT molecular complexity index is 1370. The first-order valence-corrected chi connectivity index (χ1v) is 10.8. The summed E-state index contributed by atoms with van der Waals surface area (Å²) in [5.74, 6) is -2.09. The molecule has 170 valence electrons. The fourth-order valence-electron chi connectivity index (χ4n) is 4.95. The maximum absolute atomic E-state index is 13.3. The topological polar surface area (TPSA) is 89.8 Å². The van der Waals surface area contributed by atoms with Gasteiger partial charge < -0.3 is 19.9 Å². The van der Waals surface area contributed by atoms with Crippen LogP contribution in [-0.2, 0) is 4.79 Å². The number of aliphatic hydroxyl groups excluding tert-OH is 1. The summed E-state index contributed by atoms with van der Waals surface area (Å²) in [4.78, 5) is 28.1. The number of nitrogens with one attached hydrogen (secondary N) is 1. The molecule has 0 saturated carbocycles. The lowest BCUT2D eigenvalue weighted by molar-refractivity contribution is -0.130. The molecule has 0 spiro atoms. The van der Waals surface area contributed by atoms with Crippen LogP contribution in [0.4, 0.5) is 14.5 Å². The number of H-pyrrole nitrogens is 1. The van der Waals surface area contributed by atoms with Crippen LogP contribution < -0.4 is 4.90 Å². The third kappa shape index (κ3) is 3.16. The predicted octanol–water partition coefficient (Wildman–Crippen LogP) is 2.99. The average molecular weight is 452 g/mol. The van der Waals surface area contributed by atoms with Gasteiger partial charge >= 0.3 is 0 Å². The van der Waals surface area contributed by atoms with Crippen molar-refractivity contribution in [2.24, 2.45) is 0 Å². The van der Waals surface area contributed by atoms with Gasteiger partial charge in [0, 0.05) is 37.3 Å². The maximum atomic E-state index is 13.3. The minimum Gasteiger partial charge on any atom is -0.391 e. The molecule has 0 unspecified atom stereocenters. The number of aliphatic hydroxyl groups is 1. The van der Waals surface area contributed by atoms with Gasteiger partial charge in [-0.15, -0.1) is 0 Å². The lowest BCUT2D eigenvalue weighted by Crippen LogP contribution is -2.56. The fraction of sp³-hybridized carbons (Fsp3) is 0.348. The van der Waals surface area contributed by atoms with Crippen molar-refractivity contribution in [3.8, 4) is 11.3 Å². The van der Waals surface area contributed by atoms with Gasteiger partial charge in [-0.2, -0.15) is 0 Å². The molecule has 2 atom stereocenters. The van der Waals surface area contributed by atoms with Crippen molar-refractivity contribution in [3.05, 3.63) is 48.5 Å². The molecule has 5 heterocycles. The molecule has 0 radical (unpaired) electrons. The van der Waals surface area contributed by atoms with E-state index >= 15 is 0 Å². The normalized spacial score (nSPS) is 22.3. The van der Waals surface area contributed by atoms with E-state index in [1.807, 2.05) is 34.7 Å². The van der Waals surface area contributed by atoms with Crippen molar-refractivity contribution in [2.45, 2.75) is 31.4 Å². The number of β-amino-alcohol motifs (C(OH)–C–C–N with tert-alkyl or cyclic N) is 1. The zero-order valence-electron chi connectivity index (χ0n) is 17.9. The number of aromatic nitrogens is 4. The highest BCUT2D eigenvalue weighted by atomic mass is 19.3. The number of benzene rings is 1. The highest BCUT2D eigenvalue weighted by Gasteiger charge is 2.44. The predicted molar refractivity (Wildman–Crippen MR) is 118 cm³/mol. The molecule has 33 heavy (non-hydrogen) atoms. The first-order valence-electron chi connectivity index (χ1n) is 10.8. The number of carbonyl (C=O) groups excluding carboxylic acids is 1. The molecule has 1 amide bonds. The molecule has 2 N–H and O–H groups in total. The summed E-state index contributed by atoms with van der Waals surface area (Å²) in [5.41, 5.74) is 4.53. The smallest absolute Gasteiger partial charge is 0.282 e. The number of hydrogen-bond donors (Lipinski definition) is 2. The fourth-order valence-corrected chi connectivity index (χ4v) is 4.95. The summed E-state index contributed by atoms with van der Waals surface area (Å²) in [6, 6.07) is 8.90. The van der Waals surface area contributed by atoms with E-state index in [2.05, 4.69) is 9.97 Å². The van der Waals surface area contributed by atoms with Crippen LogP contribution in [0, 0.1) is 0 Å². The van der Waals surface area contributed by atoms with E-state index in [9.17, 15) is 18.7 Å². The van der Waals surface area contributed by atoms with Crippen molar-refractivity contribution in [3.63, 3.8) is 0 Å². The number of hydrogen-bond acceptors (Lipinski definition) is 5. The van der Waals surface area contributed by atoms with Gasteiger partial charge in [0.1, 0.15) is 5.82 Å². The first-order chi connectivity index (χ1) is 15.8. The Hall–Kier alpha value is -3.53. The second-order valence-corrected chi connectivity index (χ2v) is 8.84. The summed E-state index contributed by atoms with van der Waals surface area (Å²) >= 11 is 0. The number of amides is 1. The van der Waals surface area contributed by atoms with Crippen molar-refractivity contribution in [1.82, 2.24) is 24.3 Å². The number of rotatable bonds is 3. The molecule has 8 nitrogen and oxygen atoms in total. The van der Waals surface area contributed by atoms with Crippen LogP contribution in [-0.4, -0.2) is 66.9 Å². The van der Waals surface area contributed by atoms with Crippen LogP contribution in [0.25, 0.3) is 27.9 Å². The zero-order chi connectivity index (χ0) is 22.9. The standard InChI is InChI=1S/C23H22F2N6O2/c1-13(32)30-10-16(33)8-18(30)22-28-20(19-9-27-21-17(31(19)22)6-7-26-21)14-2-4-15(5-3-14)29-11-23(24,25)12-29/h2-7,9,16,18,26,33H,8,10-12H2,1H3/t16-,18-/m1/s1. The number of nitrogens with zero attached hydrogens (tertiary/aromatic N) is 5. The number of carbonyl (C=O) groups is 1. The molecular formula is C23H22F2N6O2. The second-order valence-electron chi connectivity index (χ2n) is 8.84. The lowest BCUT2D eigenvalue weighted by Gasteiger charge is -2.40. The van der Waals surface area contributed by atoms with E-state index in [4.69, 9.17) is 4.98 Å². The molecule has 3 aromatic heterocycles. The molecule has 2 aliphatic heterocycles. The van der Waals surface area contributed by atoms with Crippen LogP contribution in [0.3, 0.4) is 0 Å². The molecule has 2 fully saturated rings. The van der Waals surface area contributed by atoms with E-state index in [1.54, 1.807) is 22.2 Å². The summed E-state index contributed by atoms with van der Waals surface area (Å²) < 4.78 is 28.5. The van der Waals surface area contributed by atoms with Gasteiger partial charge in [-0.25, -0.2) is 18.7 Å². The molecule has 1 aromatic carbocycles. The molecule has 2 saturated heterocycles. The largest absolute Gasteiger partial charge is 0.391 e. The summed E-state index contributed by atoms with van der Waals surface area (Å²) in [6.07, 6.45) is 3.31. The number of anilines is 1. The molecule has 4 aromatic rings. The lowest BCUT2D eigenvalue weighted by atomic mass is 10.1.